The third-order valence-corrected chi connectivity index (χ3v) is 3.85. The second kappa shape index (κ2) is 4.55. The minimum absolute atomic E-state index is 0.0597. The molecule has 0 saturated heterocycles. The Hall–Kier alpha value is -1.88. The summed E-state index contributed by atoms with van der Waals surface area (Å²) in [6.07, 6.45) is 1.34. The van der Waals surface area contributed by atoms with Crippen molar-refractivity contribution in [1.29, 1.82) is 0 Å². The van der Waals surface area contributed by atoms with Crippen LogP contribution in [0.15, 0.2) is 58.0 Å². The molecule has 88 valence electrons. The lowest BCUT2D eigenvalue weighted by Gasteiger charge is -2.01. The van der Waals surface area contributed by atoms with Crippen LogP contribution >= 0.6 is 0 Å². The van der Waals surface area contributed by atoms with Crippen LogP contribution in [0.5, 0.6) is 0 Å². The molecule has 0 unspecified atom stereocenters. The summed E-state index contributed by atoms with van der Waals surface area (Å²) < 4.78 is 28.6. The second-order valence-electron chi connectivity index (χ2n) is 3.47. The summed E-state index contributed by atoms with van der Waals surface area (Å²) in [6.45, 7) is 0. The zero-order chi connectivity index (χ0) is 12.3. The van der Waals surface area contributed by atoms with Crippen molar-refractivity contribution in [3.63, 3.8) is 0 Å². The SMILES string of the molecule is O=C(CS(=O)(=O)c1ccccc1)c1ccco1. The molecule has 0 fully saturated rings. The van der Waals surface area contributed by atoms with Crippen LogP contribution in [0.2, 0.25) is 0 Å². The van der Waals surface area contributed by atoms with Crippen molar-refractivity contribution in [1.82, 2.24) is 0 Å². The van der Waals surface area contributed by atoms with E-state index in [1.807, 2.05) is 0 Å². The van der Waals surface area contributed by atoms with Crippen LogP contribution in [0, 0.1) is 0 Å². The number of ketones is 1. The molecule has 0 saturated carbocycles. The zero-order valence-electron chi connectivity index (χ0n) is 8.87. The van der Waals surface area contributed by atoms with Crippen LogP contribution in [0.3, 0.4) is 0 Å². The molecular weight excluding hydrogens is 240 g/mol. The zero-order valence-corrected chi connectivity index (χ0v) is 9.68. The van der Waals surface area contributed by atoms with E-state index in [0.29, 0.717) is 0 Å². The first-order valence-corrected chi connectivity index (χ1v) is 6.59. The van der Waals surface area contributed by atoms with Gasteiger partial charge in [-0.2, -0.15) is 0 Å². The van der Waals surface area contributed by atoms with E-state index in [9.17, 15) is 13.2 Å². The number of hydrogen-bond donors (Lipinski definition) is 0. The Kier molecular flexibility index (Phi) is 3.10. The van der Waals surface area contributed by atoms with Gasteiger partial charge >= 0.3 is 0 Å². The number of carbonyl (C=O) groups excluding carboxylic acids is 1. The summed E-state index contributed by atoms with van der Waals surface area (Å²) in [5, 5.41) is 0. The highest BCUT2D eigenvalue weighted by Crippen LogP contribution is 2.12. The number of rotatable bonds is 4. The van der Waals surface area contributed by atoms with Gasteiger partial charge in [-0.15, -0.1) is 0 Å². The monoisotopic (exact) mass is 250 g/mol. The average molecular weight is 250 g/mol. The molecular formula is C12H10O4S. The molecule has 1 aromatic carbocycles. The molecule has 0 aliphatic carbocycles. The largest absolute Gasteiger partial charge is 0.461 e. The van der Waals surface area contributed by atoms with E-state index < -0.39 is 21.4 Å². The molecule has 2 aromatic rings. The molecule has 0 aliphatic rings. The van der Waals surface area contributed by atoms with E-state index in [1.54, 1.807) is 24.3 Å². The molecule has 0 aliphatic heterocycles. The van der Waals surface area contributed by atoms with E-state index in [-0.39, 0.29) is 10.7 Å². The lowest BCUT2D eigenvalue weighted by molar-refractivity contribution is 0.0990. The standard InChI is InChI=1S/C12H10O4S/c13-11(12-7-4-8-16-12)9-17(14,15)10-5-2-1-3-6-10/h1-8H,9H2. The predicted octanol–water partition coefficient (Wildman–Crippen LogP) is 1.94. The summed E-state index contributed by atoms with van der Waals surface area (Å²) in [5.74, 6) is -1.06. The molecule has 2 rings (SSSR count). The van der Waals surface area contributed by atoms with E-state index >= 15 is 0 Å². The molecule has 0 N–H and O–H groups in total. The summed E-state index contributed by atoms with van der Waals surface area (Å²) in [7, 11) is -3.60. The van der Waals surface area contributed by atoms with Gasteiger partial charge in [0.2, 0.25) is 5.78 Å². The first kappa shape index (κ1) is 11.6. The lowest BCUT2D eigenvalue weighted by Crippen LogP contribution is -2.15. The van der Waals surface area contributed by atoms with Crippen molar-refractivity contribution in [2.24, 2.45) is 0 Å². The summed E-state index contributed by atoms with van der Waals surface area (Å²) in [5.41, 5.74) is 0. The van der Waals surface area contributed by atoms with Gasteiger partial charge in [0.05, 0.1) is 11.2 Å². The first-order chi connectivity index (χ1) is 8.09. The van der Waals surface area contributed by atoms with Gasteiger partial charge < -0.3 is 4.42 Å². The average Bonchev–Trinajstić information content (AvgIpc) is 2.83. The third-order valence-electron chi connectivity index (χ3n) is 2.22. The highest BCUT2D eigenvalue weighted by molar-refractivity contribution is 7.92. The molecule has 0 spiro atoms. The van der Waals surface area contributed by atoms with Crippen LogP contribution in [-0.4, -0.2) is 20.0 Å². The first-order valence-electron chi connectivity index (χ1n) is 4.94. The van der Waals surface area contributed by atoms with Crippen LogP contribution in [0.4, 0.5) is 0 Å². The number of benzene rings is 1. The minimum Gasteiger partial charge on any atom is -0.461 e. The topological polar surface area (TPSA) is 64.3 Å². The van der Waals surface area contributed by atoms with E-state index in [1.165, 1.54) is 24.5 Å². The molecule has 0 atom stereocenters. The molecule has 1 aromatic heterocycles. The van der Waals surface area contributed by atoms with Crippen LogP contribution in [0.25, 0.3) is 0 Å². The third kappa shape index (κ3) is 2.62. The lowest BCUT2D eigenvalue weighted by atomic mass is 10.3. The van der Waals surface area contributed by atoms with Crippen molar-refractivity contribution < 1.29 is 17.6 Å². The quantitative estimate of drug-likeness (QED) is 0.778. The molecule has 4 nitrogen and oxygen atoms in total. The van der Waals surface area contributed by atoms with Gasteiger partial charge in [-0.05, 0) is 24.3 Å². The van der Waals surface area contributed by atoms with E-state index in [4.69, 9.17) is 4.42 Å². The number of carbonyl (C=O) groups is 1. The van der Waals surface area contributed by atoms with Crippen molar-refractivity contribution in [2.75, 3.05) is 5.75 Å². The number of hydrogen-bond acceptors (Lipinski definition) is 4. The normalized spacial score (nSPS) is 11.3. The van der Waals surface area contributed by atoms with Gasteiger partial charge in [0.1, 0.15) is 5.75 Å². The van der Waals surface area contributed by atoms with Crippen LogP contribution in [-0.2, 0) is 9.84 Å². The van der Waals surface area contributed by atoms with Gasteiger partial charge in [-0.1, -0.05) is 18.2 Å². The van der Waals surface area contributed by atoms with Gasteiger partial charge in [0.15, 0.2) is 15.6 Å². The Labute approximate surface area is 98.8 Å². The maximum atomic E-state index is 11.9. The van der Waals surface area contributed by atoms with Gasteiger partial charge in [-0.3, -0.25) is 4.79 Å². The van der Waals surface area contributed by atoms with Crippen molar-refractivity contribution in [3.05, 3.63) is 54.5 Å². The van der Waals surface area contributed by atoms with Crippen LogP contribution in [0.1, 0.15) is 10.6 Å². The summed E-state index contributed by atoms with van der Waals surface area (Å²) >= 11 is 0. The Morgan fingerprint density at radius 3 is 2.35 bits per heavy atom. The van der Waals surface area contributed by atoms with Crippen molar-refractivity contribution in [3.8, 4) is 0 Å². The Bertz CT molecular complexity index is 597. The smallest absolute Gasteiger partial charge is 0.213 e. The minimum atomic E-state index is -3.60. The van der Waals surface area contributed by atoms with Gasteiger partial charge in [0.25, 0.3) is 0 Å². The fraction of sp³-hybridized carbons (Fsp3) is 0.0833. The van der Waals surface area contributed by atoms with Crippen LogP contribution < -0.4 is 0 Å². The number of Topliss-reactive ketones (excluding diaryl/α,β-unsaturated/α-hetero) is 1. The maximum absolute atomic E-state index is 11.9. The summed E-state index contributed by atoms with van der Waals surface area (Å²) in [4.78, 5) is 11.8. The second-order valence-corrected chi connectivity index (χ2v) is 5.46. The Morgan fingerprint density at radius 2 is 1.76 bits per heavy atom. The highest BCUT2D eigenvalue weighted by atomic mass is 32.2. The molecule has 0 bridgehead atoms. The van der Waals surface area contributed by atoms with Gasteiger partial charge in [0, 0.05) is 0 Å². The molecule has 17 heavy (non-hydrogen) atoms. The summed E-state index contributed by atoms with van der Waals surface area (Å²) in [6, 6.07) is 10.9. The van der Waals surface area contributed by atoms with Gasteiger partial charge in [-0.25, -0.2) is 8.42 Å². The molecule has 5 heteroatoms. The predicted molar refractivity (Wildman–Crippen MR) is 61.5 cm³/mol. The highest BCUT2D eigenvalue weighted by Gasteiger charge is 2.21. The van der Waals surface area contributed by atoms with E-state index in [0.717, 1.165) is 0 Å². The van der Waals surface area contributed by atoms with Crippen molar-refractivity contribution in [2.45, 2.75) is 4.90 Å². The van der Waals surface area contributed by atoms with E-state index in [2.05, 4.69) is 0 Å². The molecule has 0 amide bonds. The number of furan rings is 1. The Balaban J connectivity index is 2.22. The Morgan fingerprint density at radius 1 is 1.06 bits per heavy atom. The van der Waals surface area contributed by atoms with Crippen molar-refractivity contribution >= 4 is 15.6 Å². The maximum Gasteiger partial charge on any atom is 0.213 e. The fourth-order valence-corrected chi connectivity index (χ4v) is 2.62. The molecule has 1 heterocycles. The number of sulfone groups is 1. The fourth-order valence-electron chi connectivity index (χ4n) is 1.39. The molecule has 0 radical (unpaired) electrons.